The van der Waals surface area contributed by atoms with Crippen LogP contribution < -0.4 is 5.32 Å². The van der Waals surface area contributed by atoms with E-state index in [2.05, 4.69) is 5.32 Å². The third kappa shape index (κ3) is 5.54. The lowest BCUT2D eigenvalue weighted by Crippen LogP contribution is -2.50. The summed E-state index contributed by atoms with van der Waals surface area (Å²) in [6, 6.07) is 24.4. The summed E-state index contributed by atoms with van der Waals surface area (Å²) >= 11 is 0. The molecule has 0 fully saturated rings. The maximum atomic E-state index is 14.4. The van der Waals surface area contributed by atoms with Crippen LogP contribution in [0.4, 0.5) is 4.39 Å². The van der Waals surface area contributed by atoms with Crippen molar-refractivity contribution in [3.05, 3.63) is 107 Å². The van der Waals surface area contributed by atoms with E-state index in [1.54, 1.807) is 25.2 Å². The summed E-state index contributed by atoms with van der Waals surface area (Å²) < 4.78 is 14.4. The van der Waals surface area contributed by atoms with Gasteiger partial charge in [0.1, 0.15) is 11.9 Å². The molecule has 2 amide bonds. The summed E-state index contributed by atoms with van der Waals surface area (Å²) in [4.78, 5) is 27.6. The summed E-state index contributed by atoms with van der Waals surface area (Å²) in [5, 5.41) is 2.66. The Labute approximate surface area is 176 Å². The lowest BCUT2D eigenvalue weighted by molar-refractivity contribution is -0.140. The molecule has 0 spiro atoms. The fourth-order valence-electron chi connectivity index (χ4n) is 3.40. The second-order valence-electron chi connectivity index (χ2n) is 7.10. The molecular weight excluding hydrogens is 379 g/mol. The molecule has 3 rings (SSSR count). The maximum Gasteiger partial charge on any atom is 0.242 e. The van der Waals surface area contributed by atoms with Crippen molar-refractivity contribution in [2.24, 2.45) is 0 Å². The average molecular weight is 404 g/mol. The Balaban J connectivity index is 1.94. The van der Waals surface area contributed by atoms with Gasteiger partial charge >= 0.3 is 0 Å². The van der Waals surface area contributed by atoms with Crippen molar-refractivity contribution in [1.82, 2.24) is 10.2 Å². The highest BCUT2D eigenvalue weighted by Crippen LogP contribution is 2.18. The van der Waals surface area contributed by atoms with Crippen molar-refractivity contribution >= 4 is 11.8 Å². The summed E-state index contributed by atoms with van der Waals surface area (Å²) in [7, 11) is 1.54. The molecule has 3 aromatic rings. The van der Waals surface area contributed by atoms with E-state index in [0.717, 1.165) is 11.1 Å². The predicted molar refractivity (Wildman–Crippen MR) is 115 cm³/mol. The predicted octanol–water partition coefficient (Wildman–Crippen LogP) is 3.75. The van der Waals surface area contributed by atoms with E-state index in [1.807, 2.05) is 60.7 Å². The first kappa shape index (κ1) is 21.2. The van der Waals surface area contributed by atoms with Gasteiger partial charge in [-0.25, -0.2) is 4.39 Å². The molecule has 0 unspecified atom stereocenters. The van der Waals surface area contributed by atoms with Gasteiger partial charge in [0.05, 0.1) is 6.42 Å². The fourth-order valence-corrected chi connectivity index (χ4v) is 3.40. The largest absolute Gasteiger partial charge is 0.357 e. The molecule has 154 valence electrons. The van der Waals surface area contributed by atoms with Crippen LogP contribution in [0.2, 0.25) is 0 Å². The van der Waals surface area contributed by atoms with Gasteiger partial charge in [-0.3, -0.25) is 9.59 Å². The standard InChI is InChI=1S/C25H25FN2O2/c1-27-25(30)23(16-19-10-4-2-5-11-19)28(18-21-14-8-9-15-22(21)26)24(29)17-20-12-6-3-7-13-20/h2-15,23H,16-18H2,1H3,(H,27,30)/t23-/m0/s1. The van der Waals surface area contributed by atoms with Crippen LogP contribution in [-0.4, -0.2) is 29.8 Å². The number of benzene rings is 3. The molecule has 0 heterocycles. The van der Waals surface area contributed by atoms with E-state index in [9.17, 15) is 14.0 Å². The maximum absolute atomic E-state index is 14.4. The summed E-state index contributed by atoms with van der Waals surface area (Å²) in [5.74, 6) is -0.907. The normalized spacial score (nSPS) is 11.5. The molecule has 30 heavy (non-hydrogen) atoms. The van der Waals surface area contributed by atoms with E-state index in [-0.39, 0.29) is 24.8 Å². The van der Waals surface area contributed by atoms with Crippen LogP contribution in [0.1, 0.15) is 16.7 Å². The molecule has 0 radical (unpaired) electrons. The Bertz CT molecular complexity index is 977. The molecule has 0 aliphatic heterocycles. The van der Waals surface area contributed by atoms with Crippen LogP contribution >= 0.6 is 0 Å². The molecular formula is C25H25FN2O2. The number of nitrogens with one attached hydrogen (secondary N) is 1. The van der Waals surface area contributed by atoms with Gasteiger partial charge in [-0.05, 0) is 17.2 Å². The molecule has 5 heteroatoms. The molecule has 0 saturated carbocycles. The van der Waals surface area contributed by atoms with Gasteiger partial charge in [-0.2, -0.15) is 0 Å². The zero-order valence-electron chi connectivity index (χ0n) is 16.9. The number of carbonyl (C=O) groups is 2. The van der Waals surface area contributed by atoms with Crippen LogP contribution in [0.15, 0.2) is 84.9 Å². The number of amides is 2. The van der Waals surface area contributed by atoms with Crippen molar-refractivity contribution in [2.75, 3.05) is 7.05 Å². The SMILES string of the molecule is CNC(=O)[C@H](Cc1ccccc1)N(Cc1ccccc1F)C(=O)Cc1ccccc1. The first-order valence-electron chi connectivity index (χ1n) is 9.91. The van der Waals surface area contributed by atoms with Crippen molar-refractivity contribution in [1.29, 1.82) is 0 Å². The van der Waals surface area contributed by atoms with Crippen LogP contribution in [0.5, 0.6) is 0 Å². The molecule has 3 aromatic carbocycles. The van der Waals surface area contributed by atoms with Gasteiger partial charge in [0.15, 0.2) is 0 Å². The topological polar surface area (TPSA) is 49.4 Å². The van der Waals surface area contributed by atoms with Crippen molar-refractivity contribution < 1.29 is 14.0 Å². The fraction of sp³-hybridized carbons (Fsp3) is 0.200. The van der Waals surface area contributed by atoms with Crippen LogP contribution in [0.3, 0.4) is 0 Å². The number of nitrogens with zero attached hydrogens (tertiary/aromatic N) is 1. The number of halogens is 1. The van der Waals surface area contributed by atoms with Crippen molar-refractivity contribution in [3.63, 3.8) is 0 Å². The minimum Gasteiger partial charge on any atom is -0.357 e. The molecule has 0 saturated heterocycles. The zero-order chi connectivity index (χ0) is 21.3. The Morgan fingerprint density at radius 2 is 1.43 bits per heavy atom. The Kier molecular flexibility index (Phi) is 7.33. The van der Waals surface area contributed by atoms with E-state index in [1.165, 1.54) is 11.0 Å². The molecule has 1 atom stereocenters. The highest BCUT2D eigenvalue weighted by atomic mass is 19.1. The third-order valence-electron chi connectivity index (χ3n) is 5.01. The minimum atomic E-state index is -0.756. The van der Waals surface area contributed by atoms with E-state index in [4.69, 9.17) is 0 Å². The number of rotatable bonds is 8. The average Bonchev–Trinajstić information content (AvgIpc) is 2.78. The van der Waals surface area contributed by atoms with E-state index < -0.39 is 11.9 Å². The van der Waals surface area contributed by atoms with Gasteiger partial charge < -0.3 is 10.2 Å². The molecule has 4 nitrogen and oxygen atoms in total. The molecule has 1 N–H and O–H groups in total. The third-order valence-corrected chi connectivity index (χ3v) is 5.01. The Hall–Kier alpha value is -3.47. The Morgan fingerprint density at radius 3 is 2.03 bits per heavy atom. The van der Waals surface area contributed by atoms with Crippen LogP contribution in [0, 0.1) is 5.82 Å². The van der Waals surface area contributed by atoms with Gasteiger partial charge in [-0.1, -0.05) is 78.9 Å². The van der Waals surface area contributed by atoms with Crippen LogP contribution in [-0.2, 0) is 29.0 Å². The Morgan fingerprint density at radius 1 is 0.867 bits per heavy atom. The zero-order valence-corrected chi connectivity index (χ0v) is 16.9. The number of carbonyl (C=O) groups excluding carboxylic acids is 2. The van der Waals surface area contributed by atoms with Gasteiger partial charge in [-0.15, -0.1) is 0 Å². The first-order chi connectivity index (χ1) is 14.6. The highest BCUT2D eigenvalue weighted by molar-refractivity contribution is 5.88. The van der Waals surface area contributed by atoms with Gasteiger partial charge in [0.2, 0.25) is 11.8 Å². The van der Waals surface area contributed by atoms with Crippen molar-refractivity contribution in [2.45, 2.75) is 25.4 Å². The van der Waals surface area contributed by atoms with E-state index >= 15 is 0 Å². The van der Waals surface area contributed by atoms with E-state index in [0.29, 0.717) is 12.0 Å². The first-order valence-corrected chi connectivity index (χ1v) is 9.91. The second-order valence-corrected chi connectivity index (χ2v) is 7.10. The summed E-state index contributed by atoms with van der Waals surface area (Å²) in [6.07, 6.45) is 0.479. The molecule has 0 aromatic heterocycles. The smallest absolute Gasteiger partial charge is 0.242 e. The monoisotopic (exact) mass is 404 g/mol. The molecule has 0 bridgehead atoms. The number of hydrogen-bond acceptors (Lipinski definition) is 2. The lowest BCUT2D eigenvalue weighted by Gasteiger charge is -2.31. The lowest BCUT2D eigenvalue weighted by atomic mass is 10.0. The molecule has 0 aliphatic carbocycles. The van der Waals surface area contributed by atoms with Crippen molar-refractivity contribution in [3.8, 4) is 0 Å². The quantitative estimate of drug-likeness (QED) is 0.622. The highest BCUT2D eigenvalue weighted by Gasteiger charge is 2.30. The summed E-state index contributed by atoms with van der Waals surface area (Å²) in [6.45, 7) is 0.0171. The van der Waals surface area contributed by atoms with Gasteiger partial charge in [0.25, 0.3) is 0 Å². The van der Waals surface area contributed by atoms with Gasteiger partial charge in [0, 0.05) is 25.6 Å². The van der Waals surface area contributed by atoms with Crippen LogP contribution in [0.25, 0.3) is 0 Å². The second kappa shape index (κ2) is 10.3. The number of likely N-dealkylation sites (N-methyl/N-ethyl adjacent to an activating group) is 1. The summed E-state index contributed by atoms with van der Waals surface area (Å²) in [5.41, 5.74) is 2.15. The molecule has 0 aliphatic rings. The minimum absolute atomic E-state index is 0.0171. The number of hydrogen-bond donors (Lipinski definition) is 1.